The van der Waals surface area contributed by atoms with E-state index < -0.39 is 0 Å². The molecule has 1 heterocycles. The number of piperidine rings is 1. The van der Waals surface area contributed by atoms with E-state index in [1.54, 1.807) is 17.0 Å². The molecular weight excluding hydrogens is 309 g/mol. The van der Waals surface area contributed by atoms with Crippen LogP contribution < -0.4 is 17.3 Å². The van der Waals surface area contributed by atoms with Crippen molar-refractivity contribution in [3.8, 4) is 0 Å². The lowest BCUT2D eigenvalue weighted by Gasteiger charge is -2.26. The predicted octanol–water partition coefficient (Wildman–Crippen LogP) is -1.11. The fourth-order valence-electron chi connectivity index (χ4n) is 2.74. The first kappa shape index (κ1) is 18.3. The third-order valence-electron chi connectivity index (χ3n) is 3.73. The number of esters is 1. The van der Waals surface area contributed by atoms with Gasteiger partial charge in [0.2, 0.25) is 0 Å². The monoisotopic (exact) mass is 331 g/mol. The zero-order valence-electron chi connectivity index (χ0n) is 12.4. The van der Waals surface area contributed by atoms with E-state index in [-0.39, 0.29) is 24.5 Å². The minimum Gasteiger partial charge on any atom is -1.00 e. The van der Waals surface area contributed by atoms with E-state index in [4.69, 9.17) is 16.3 Å². The number of hydrogen-bond donors (Lipinski definition) is 1. The molecule has 0 saturated carbocycles. The van der Waals surface area contributed by atoms with E-state index >= 15 is 0 Å². The van der Waals surface area contributed by atoms with Crippen molar-refractivity contribution < 1.29 is 26.8 Å². The largest absolute Gasteiger partial charge is 1.00 e. The molecule has 1 unspecified atom stereocenters. The summed E-state index contributed by atoms with van der Waals surface area (Å²) in [4.78, 5) is 13.4. The maximum absolute atomic E-state index is 11.9. The van der Waals surface area contributed by atoms with Crippen molar-refractivity contribution >= 4 is 17.6 Å². The third-order valence-corrected chi connectivity index (χ3v) is 3.98. The Morgan fingerprint density at radius 3 is 2.48 bits per heavy atom. The summed E-state index contributed by atoms with van der Waals surface area (Å²) in [7, 11) is 0. The minimum absolute atomic E-state index is 0. The molecule has 1 aliphatic rings. The summed E-state index contributed by atoms with van der Waals surface area (Å²) < 4.78 is 5.49. The molecule has 21 heavy (non-hydrogen) atoms. The summed E-state index contributed by atoms with van der Waals surface area (Å²) in [5.41, 5.74) is 0.942. The van der Waals surface area contributed by atoms with Crippen LogP contribution in [0, 0.1) is 0 Å². The van der Waals surface area contributed by atoms with Gasteiger partial charge in [-0.3, -0.25) is 4.79 Å². The number of ether oxygens (including phenoxy) is 1. The number of carbonyl (C=O) groups is 1. The van der Waals surface area contributed by atoms with Gasteiger partial charge in [-0.25, -0.2) is 0 Å². The highest BCUT2D eigenvalue weighted by Crippen LogP contribution is 2.10. The summed E-state index contributed by atoms with van der Waals surface area (Å²) in [5, 5.41) is 0.684. The molecule has 0 spiro atoms. The number of hydrogen-bond acceptors (Lipinski definition) is 2. The van der Waals surface area contributed by atoms with Crippen molar-refractivity contribution in [2.75, 3.05) is 19.6 Å². The van der Waals surface area contributed by atoms with Gasteiger partial charge < -0.3 is 22.0 Å². The second kappa shape index (κ2) is 9.29. The standard InChI is InChI=1S/C16H22ClNO2.ClH/c1-13(12-18-9-3-2-4-10-18)20-16(19)11-14-5-7-15(17)8-6-14;/h5-8,13H,2-4,9-12H2,1H3;1H. The highest BCUT2D eigenvalue weighted by atomic mass is 35.5. The highest BCUT2D eigenvalue weighted by molar-refractivity contribution is 6.30. The third kappa shape index (κ3) is 6.68. The predicted molar refractivity (Wildman–Crippen MR) is 80.1 cm³/mol. The number of rotatable bonds is 5. The Hall–Kier alpha value is -0.770. The van der Waals surface area contributed by atoms with Crippen molar-refractivity contribution in [3.63, 3.8) is 0 Å². The first-order chi connectivity index (χ1) is 9.63. The number of quaternary nitrogens is 1. The van der Waals surface area contributed by atoms with Gasteiger partial charge in [0.05, 0.1) is 19.5 Å². The van der Waals surface area contributed by atoms with Crippen molar-refractivity contribution in [2.45, 2.75) is 38.7 Å². The molecule has 0 aliphatic carbocycles. The molecule has 0 amide bonds. The number of nitrogens with one attached hydrogen (secondary N) is 1. The second-order valence-corrected chi connectivity index (χ2v) is 6.05. The number of halogens is 2. The van der Waals surface area contributed by atoms with Gasteiger partial charge in [-0.05, 0) is 43.9 Å². The van der Waals surface area contributed by atoms with E-state index in [0.29, 0.717) is 11.4 Å². The Balaban J connectivity index is 0.00000220. The SMILES string of the molecule is CC(C[NH+]1CCCCC1)OC(=O)Cc1ccc(Cl)cc1.[Cl-]. The summed E-state index contributed by atoms with van der Waals surface area (Å²) in [6, 6.07) is 7.32. The van der Waals surface area contributed by atoms with E-state index in [1.165, 1.54) is 32.4 Å². The zero-order chi connectivity index (χ0) is 14.4. The first-order valence-corrected chi connectivity index (χ1v) is 7.79. The Morgan fingerprint density at radius 2 is 1.86 bits per heavy atom. The average Bonchev–Trinajstić information content (AvgIpc) is 2.42. The van der Waals surface area contributed by atoms with Crippen molar-refractivity contribution in [1.29, 1.82) is 0 Å². The van der Waals surface area contributed by atoms with Crippen LogP contribution in [-0.2, 0) is 16.0 Å². The van der Waals surface area contributed by atoms with Gasteiger partial charge in [-0.1, -0.05) is 23.7 Å². The molecule has 0 bridgehead atoms. The maximum Gasteiger partial charge on any atom is 0.310 e. The van der Waals surface area contributed by atoms with Crippen LogP contribution in [0.25, 0.3) is 0 Å². The molecule has 118 valence electrons. The summed E-state index contributed by atoms with van der Waals surface area (Å²) >= 11 is 5.82. The summed E-state index contributed by atoms with van der Waals surface area (Å²) in [6.07, 6.45) is 4.23. The first-order valence-electron chi connectivity index (χ1n) is 7.41. The Labute approximate surface area is 138 Å². The molecule has 1 saturated heterocycles. The smallest absolute Gasteiger partial charge is 0.310 e. The quantitative estimate of drug-likeness (QED) is 0.693. The molecular formula is C16H23Cl2NO2. The van der Waals surface area contributed by atoms with Crippen molar-refractivity contribution in [2.24, 2.45) is 0 Å². The van der Waals surface area contributed by atoms with Gasteiger partial charge in [0, 0.05) is 5.02 Å². The van der Waals surface area contributed by atoms with E-state index in [1.807, 2.05) is 19.1 Å². The van der Waals surface area contributed by atoms with Crippen LogP contribution in [0.15, 0.2) is 24.3 Å². The van der Waals surface area contributed by atoms with Gasteiger partial charge in [-0.15, -0.1) is 0 Å². The molecule has 3 nitrogen and oxygen atoms in total. The number of benzene rings is 1. The molecule has 0 aromatic heterocycles. The van der Waals surface area contributed by atoms with Crippen LogP contribution in [0.2, 0.25) is 5.02 Å². The Bertz CT molecular complexity index is 430. The average molecular weight is 332 g/mol. The second-order valence-electron chi connectivity index (χ2n) is 5.62. The lowest BCUT2D eigenvalue weighted by Crippen LogP contribution is -3.13. The fraction of sp³-hybridized carbons (Fsp3) is 0.562. The molecule has 1 fully saturated rings. The molecule has 1 atom stereocenters. The molecule has 1 aromatic carbocycles. The Morgan fingerprint density at radius 1 is 1.24 bits per heavy atom. The van der Waals surface area contributed by atoms with E-state index in [2.05, 4.69) is 0 Å². The maximum atomic E-state index is 11.9. The van der Waals surface area contributed by atoms with Crippen LogP contribution in [0.1, 0.15) is 31.7 Å². The molecule has 2 rings (SSSR count). The molecule has 1 N–H and O–H groups in total. The molecule has 1 aliphatic heterocycles. The summed E-state index contributed by atoms with van der Waals surface area (Å²) in [5.74, 6) is -0.156. The molecule has 1 aromatic rings. The van der Waals surface area contributed by atoms with Crippen LogP contribution in [0.4, 0.5) is 0 Å². The van der Waals surface area contributed by atoms with Crippen LogP contribution in [-0.4, -0.2) is 31.7 Å². The van der Waals surface area contributed by atoms with Gasteiger partial charge in [-0.2, -0.15) is 0 Å². The van der Waals surface area contributed by atoms with E-state index in [0.717, 1.165) is 12.1 Å². The van der Waals surface area contributed by atoms with Gasteiger partial charge in [0.15, 0.2) is 0 Å². The lowest BCUT2D eigenvalue weighted by atomic mass is 10.1. The molecule has 0 radical (unpaired) electrons. The number of carbonyl (C=O) groups excluding carboxylic acids is 1. The van der Waals surface area contributed by atoms with Crippen LogP contribution >= 0.6 is 11.6 Å². The summed E-state index contributed by atoms with van der Waals surface area (Å²) in [6.45, 7) is 5.33. The van der Waals surface area contributed by atoms with Crippen molar-refractivity contribution in [3.05, 3.63) is 34.9 Å². The fourth-order valence-corrected chi connectivity index (χ4v) is 2.87. The van der Waals surface area contributed by atoms with Gasteiger partial charge in [0.25, 0.3) is 0 Å². The zero-order valence-corrected chi connectivity index (χ0v) is 13.9. The Kier molecular flexibility index (Phi) is 8.09. The van der Waals surface area contributed by atoms with Crippen molar-refractivity contribution in [1.82, 2.24) is 0 Å². The number of likely N-dealkylation sites (tertiary alicyclic amines) is 1. The van der Waals surface area contributed by atoms with E-state index in [9.17, 15) is 4.79 Å². The van der Waals surface area contributed by atoms with Gasteiger partial charge in [0.1, 0.15) is 12.6 Å². The topological polar surface area (TPSA) is 30.7 Å². The van der Waals surface area contributed by atoms with Crippen LogP contribution in [0.3, 0.4) is 0 Å². The van der Waals surface area contributed by atoms with Crippen LogP contribution in [0.5, 0.6) is 0 Å². The van der Waals surface area contributed by atoms with Gasteiger partial charge >= 0.3 is 5.97 Å². The molecule has 5 heteroatoms. The highest BCUT2D eigenvalue weighted by Gasteiger charge is 2.19. The lowest BCUT2D eigenvalue weighted by molar-refractivity contribution is -0.907. The normalized spacial score (nSPS) is 16.9. The minimum atomic E-state index is -0.156.